The summed E-state index contributed by atoms with van der Waals surface area (Å²) in [5, 5.41) is 0. The van der Waals surface area contributed by atoms with E-state index in [2.05, 4.69) is 4.90 Å². The van der Waals surface area contributed by atoms with E-state index < -0.39 is 13.4 Å². The Morgan fingerprint density at radius 1 is 0.941 bits per heavy atom. The Kier molecular flexibility index (Phi) is 3.62. The summed E-state index contributed by atoms with van der Waals surface area (Å²) in [4.78, 5) is 3.61. The summed E-state index contributed by atoms with van der Waals surface area (Å²) in [5.41, 5.74) is 1.09. The largest absolute Gasteiger partial charge is 0.492 e. The molecule has 2 nitrogen and oxygen atoms in total. The first-order valence-electron chi connectivity index (χ1n) is 5.78. The van der Waals surface area contributed by atoms with Gasteiger partial charge in [0, 0.05) is 31.9 Å². The minimum Gasteiger partial charge on any atom is -0.448 e. The number of piperazine rings is 1. The molecule has 2 rings (SSSR count). The molecular formula is C11H15BF3N2-. The quantitative estimate of drug-likeness (QED) is 0.751. The van der Waals surface area contributed by atoms with Gasteiger partial charge in [0.25, 0.3) is 0 Å². The van der Waals surface area contributed by atoms with Crippen molar-refractivity contribution in [3.05, 3.63) is 30.3 Å². The number of hydrogen-bond donors (Lipinski definition) is 0. The number of halogens is 3. The van der Waals surface area contributed by atoms with Gasteiger partial charge in [0.15, 0.2) is 0 Å². The molecule has 0 aromatic heterocycles. The molecule has 1 heterocycles. The molecule has 1 aliphatic rings. The van der Waals surface area contributed by atoms with Crippen LogP contribution >= 0.6 is 0 Å². The van der Waals surface area contributed by atoms with Crippen LogP contribution in [-0.2, 0) is 0 Å². The van der Waals surface area contributed by atoms with E-state index in [0.717, 1.165) is 5.69 Å². The maximum absolute atomic E-state index is 12.3. The number of benzene rings is 1. The van der Waals surface area contributed by atoms with Crippen molar-refractivity contribution in [1.29, 1.82) is 0 Å². The van der Waals surface area contributed by atoms with Crippen LogP contribution in [0.1, 0.15) is 0 Å². The third-order valence-electron chi connectivity index (χ3n) is 2.96. The predicted molar refractivity (Wildman–Crippen MR) is 64.2 cm³/mol. The lowest BCUT2D eigenvalue weighted by atomic mass is 9.91. The Labute approximate surface area is 99.1 Å². The fraction of sp³-hybridized carbons (Fsp3) is 0.455. The average molecular weight is 243 g/mol. The second-order valence-electron chi connectivity index (χ2n) is 4.33. The summed E-state index contributed by atoms with van der Waals surface area (Å²) in [5.74, 6) is 0. The first kappa shape index (κ1) is 12.3. The van der Waals surface area contributed by atoms with Crippen molar-refractivity contribution >= 4 is 12.7 Å². The van der Waals surface area contributed by atoms with Gasteiger partial charge in [-0.3, -0.25) is 0 Å². The third-order valence-corrected chi connectivity index (χ3v) is 2.96. The molecule has 17 heavy (non-hydrogen) atoms. The molecule has 0 saturated carbocycles. The molecule has 94 valence electrons. The molecule has 1 aliphatic heterocycles. The molecule has 0 spiro atoms. The van der Waals surface area contributed by atoms with Gasteiger partial charge in [-0.25, -0.2) is 0 Å². The molecular weight excluding hydrogens is 228 g/mol. The first-order chi connectivity index (χ1) is 8.04. The number of para-hydroxylation sites is 1. The van der Waals surface area contributed by atoms with Gasteiger partial charge in [-0.15, -0.1) is 0 Å². The van der Waals surface area contributed by atoms with Gasteiger partial charge < -0.3 is 22.7 Å². The fourth-order valence-electron chi connectivity index (χ4n) is 2.12. The molecule has 0 atom stereocenters. The fourth-order valence-corrected chi connectivity index (χ4v) is 2.12. The van der Waals surface area contributed by atoms with Crippen LogP contribution in [0, 0.1) is 0 Å². The van der Waals surface area contributed by atoms with Crippen molar-refractivity contribution in [1.82, 2.24) is 4.90 Å². The zero-order chi connectivity index (χ0) is 12.3. The summed E-state index contributed by atoms with van der Waals surface area (Å²) >= 11 is 0. The minimum absolute atomic E-state index is 0.482. The second-order valence-corrected chi connectivity index (χ2v) is 4.33. The normalized spacial score (nSPS) is 18.4. The van der Waals surface area contributed by atoms with Gasteiger partial charge in [0.05, 0.1) is 0 Å². The molecule has 0 unspecified atom stereocenters. The molecule has 1 fully saturated rings. The molecule has 6 heteroatoms. The SMILES string of the molecule is F[B-](F)(F)CN1CCN(c2ccccc2)CC1. The molecule has 0 N–H and O–H groups in total. The summed E-state index contributed by atoms with van der Waals surface area (Å²) in [6.07, 6.45) is -0.734. The zero-order valence-electron chi connectivity index (χ0n) is 9.53. The molecule has 0 aliphatic carbocycles. The number of rotatable bonds is 3. The van der Waals surface area contributed by atoms with Crippen molar-refractivity contribution in [2.45, 2.75) is 0 Å². The lowest BCUT2D eigenvalue weighted by Gasteiger charge is -2.38. The zero-order valence-corrected chi connectivity index (χ0v) is 9.53. The lowest BCUT2D eigenvalue weighted by Crippen LogP contribution is -2.50. The van der Waals surface area contributed by atoms with Gasteiger partial charge in [0.1, 0.15) is 0 Å². The summed E-state index contributed by atoms with van der Waals surface area (Å²) in [6, 6.07) is 9.81. The van der Waals surface area contributed by atoms with E-state index in [1.165, 1.54) is 4.90 Å². The van der Waals surface area contributed by atoms with Crippen LogP contribution in [0.5, 0.6) is 0 Å². The Hall–Kier alpha value is -1.17. The predicted octanol–water partition coefficient (Wildman–Crippen LogP) is 2.20. The molecule has 0 radical (unpaired) electrons. The summed E-state index contributed by atoms with van der Waals surface area (Å²) in [6.45, 7) is -2.41. The number of hydrogen-bond acceptors (Lipinski definition) is 2. The van der Waals surface area contributed by atoms with Gasteiger partial charge in [-0.2, -0.15) is 0 Å². The monoisotopic (exact) mass is 243 g/mol. The second kappa shape index (κ2) is 5.00. The van der Waals surface area contributed by atoms with Crippen molar-refractivity contribution in [2.24, 2.45) is 0 Å². The highest BCUT2D eigenvalue weighted by atomic mass is 19.4. The smallest absolute Gasteiger partial charge is 0.448 e. The molecule has 1 saturated heterocycles. The van der Waals surface area contributed by atoms with E-state index >= 15 is 0 Å². The Balaban J connectivity index is 1.86. The van der Waals surface area contributed by atoms with Crippen LogP contribution in [0.4, 0.5) is 18.6 Å². The van der Waals surface area contributed by atoms with Crippen LogP contribution < -0.4 is 4.90 Å². The van der Waals surface area contributed by atoms with E-state index in [4.69, 9.17) is 0 Å². The van der Waals surface area contributed by atoms with Crippen LogP contribution in [0.2, 0.25) is 0 Å². The third kappa shape index (κ3) is 3.66. The van der Waals surface area contributed by atoms with Crippen molar-refractivity contribution in [3.8, 4) is 0 Å². The Morgan fingerprint density at radius 2 is 1.53 bits per heavy atom. The van der Waals surface area contributed by atoms with Crippen molar-refractivity contribution in [3.63, 3.8) is 0 Å². The molecule has 0 amide bonds. The van der Waals surface area contributed by atoms with Gasteiger partial charge in [-0.05, 0) is 18.6 Å². The Morgan fingerprint density at radius 3 is 2.06 bits per heavy atom. The first-order valence-corrected chi connectivity index (χ1v) is 5.78. The van der Waals surface area contributed by atoms with Crippen LogP contribution in [0.3, 0.4) is 0 Å². The van der Waals surface area contributed by atoms with E-state index in [1.54, 1.807) is 0 Å². The topological polar surface area (TPSA) is 6.48 Å². The van der Waals surface area contributed by atoms with Crippen LogP contribution in [0.15, 0.2) is 30.3 Å². The average Bonchev–Trinajstić information content (AvgIpc) is 2.29. The summed E-state index contributed by atoms with van der Waals surface area (Å²) in [7, 11) is 0. The standard InChI is InChI=1S/C11H15BF3N2/c13-12(14,15)10-16-6-8-17(9-7-16)11-4-2-1-3-5-11/h1-5H,6-10H2/q-1. The maximum atomic E-state index is 12.3. The molecule has 1 aromatic rings. The number of nitrogens with zero attached hydrogens (tertiary/aromatic N) is 2. The maximum Gasteiger partial charge on any atom is 0.492 e. The van der Waals surface area contributed by atoms with Crippen LogP contribution in [-0.4, -0.2) is 44.5 Å². The highest BCUT2D eigenvalue weighted by molar-refractivity contribution is 6.58. The molecule has 1 aromatic carbocycles. The van der Waals surface area contributed by atoms with E-state index in [-0.39, 0.29) is 0 Å². The highest BCUT2D eigenvalue weighted by Gasteiger charge is 2.28. The van der Waals surface area contributed by atoms with Gasteiger partial charge in [-0.1, -0.05) is 18.2 Å². The van der Waals surface area contributed by atoms with E-state index in [1.807, 2.05) is 30.3 Å². The van der Waals surface area contributed by atoms with Crippen molar-refractivity contribution < 1.29 is 12.9 Å². The number of anilines is 1. The lowest BCUT2D eigenvalue weighted by molar-refractivity contribution is 0.263. The van der Waals surface area contributed by atoms with Crippen molar-refractivity contribution in [2.75, 3.05) is 37.5 Å². The Bertz CT molecular complexity index is 347. The van der Waals surface area contributed by atoms with Gasteiger partial charge in [0.2, 0.25) is 0 Å². The highest BCUT2D eigenvalue weighted by Crippen LogP contribution is 2.17. The van der Waals surface area contributed by atoms with Crippen LogP contribution in [0.25, 0.3) is 0 Å². The minimum atomic E-state index is -4.70. The summed E-state index contributed by atoms with van der Waals surface area (Å²) < 4.78 is 36.8. The van der Waals surface area contributed by atoms with E-state index in [0.29, 0.717) is 26.2 Å². The molecule has 0 bridgehead atoms. The van der Waals surface area contributed by atoms with E-state index in [9.17, 15) is 12.9 Å². The van der Waals surface area contributed by atoms with Gasteiger partial charge >= 0.3 is 6.98 Å².